The average Bonchev–Trinajstić information content (AvgIpc) is 2.46. The number of piperidine rings is 1. The normalized spacial score (nSPS) is 20.3. The van der Waals surface area contributed by atoms with Gasteiger partial charge < -0.3 is 14.4 Å². The molecule has 106 valence electrons. The number of hydrogen-bond donors (Lipinski definition) is 0. The molecule has 1 aliphatic rings. The number of aryl methyl sites for hydroxylation is 1. The molecule has 0 radical (unpaired) electrons. The van der Waals surface area contributed by atoms with Crippen molar-refractivity contribution in [1.29, 1.82) is 0 Å². The van der Waals surface area contributed by atoms with Gasteiger partial charge >= 0.3 is 0 Å². The van der Waals surface area contributed by atoms with E-state index in [-0.39, 0.29) is 0 Å². The minimum atomic E-state index is 0.554. The smallest absolute Gasteiger partial charge is 0.122 e. The van der Waals surface area contributed by atoms with Gasteiger partial charge in [0.05, 0.1) is 14.2 Å². The third-order valence-electron chi connectivity index (χ3n) is 4.14. The van der Waals surface area contributed by atoms with Crippen LogP contribution in [-0.2, 0) is 0 Å². The van der Waals surface area contributed by atoms with E-state index in [1.807, 2.05) is 0 Å². The second kappa shape index (κ2) is 6.29. The Morgan fingerprint density at radius 2 is 1.95 bits per heavy atom. The lowest BCUT2D eigenvalue weighted by atomic mass is 9.89. The first-order valence-electron chi connectivity index (χ1n) is 7.14. The van der Waals surface area contributed by atoms with Crippen LogP contribution in [0.25, 0.3) is 0 Å². The molecule has 1 atom stereocenters. The van der Waals surface area contributed by atoms with Crippen LogP contribution in [0.2, 0.25) is 0 Å². The first-order chi connectivity index (χ1) is 9.19. The summed E-state index contributed by atoms with van der Waals surface area (Å²) in [6, 6.07) is 4.26. The van der Waals surface area contributed by atoms with Crippen molar-refractivity contribution in [2.75, 3.05) is 33.9 Å². The third kappa shape index (κ3) is 3.03. The van der Waals surface area contributed by atoms with E-state index in [1.54, 1.807) is 14.2 Å². The predicted octanol–water partition coefficient (Wildman–Crippen LogP) is 3.21. The second-order valence-corrected chi connectivity index (χ2v) is 5.30. The number of methoxy groups -OCH3 is 2. The van der Waals surface area contributed by atoms with Crippen molar-refractivity contribution in [3.8, 4) is 11.5 Å². The Kier molecular flexibility index (Phi) is 4.70. The van der Waals surface area contributed by atoms with Gasteiger partial charge in [-0.05, 0) is 50.6 Å². The van der Waals surface area contributed by atoms with E-state index in [2.05, 4.69) is 30.9 Å². The number of rotatable bonds is 4. The maximum absolute atomic E-state index is 5.57. The molecule has 2 rings (SSSR count). The van der Waals surface area contributed by atoms with Gasteiger partial charge in [-0.15, -0.1) is 0 Å². The molecular formula is C16H25NO2. The van der Waals surface area contributed by atoms with Crippen LogP contribution in [0, 0.1) is 6.92 Å². The lowest BCUT2D eigenvalue weighted by Gasteiger charge is -2.33. The Labute approximate surface area is 116 Å². The summed E-state index contributed by atoms with van der Waals surface area (Å²) in [5.74, 6) is 2.52. The van der Waals surface area contributed by atoms with Crippen molar-refractivity contribution < 1.29 is 9.47 Å². The molecule has 1 fully saturated rings. The highest BCUT2D eigenvalue weighted by Gasteiger charge is 2.24. The van der Waals surface area contributed by atoms with Crippen LogP contribution in [0.3, 0.4) is 0 Å². The Balaban J connectivity index is 2.31. The summed E-state index contributed by atoms with van der Waals surface area (Å²) in [4.78, 5) is 2.51. The molecule has 0 aliphatic carbocycles. The number of benzene rings is 1. The van der Waals surface area contributed by atoms with E-state index in [1.165, 1.54) is 24.9 Å². The molecule has 0 unspecified atom stereocenters. The van der Waals surface area contributed by atoms with Crippen LogP contribution < -0.4 is 9.47 Å². The molecule has 0 N–H and O–H groups in total. The summed E-state index contributed by atoms with van der Waals surface area (Å²) in [6.07, 6.45) is 2.50. The molecule has 3 heteroatoms. The van der Waals surface area contributed by atoms with Gasteiger partial charge in [0.15, 0.2) is 0 Å². The Bertz CT molecular complexity index is 431. The van der Waals surface area contributed by atoms with Crippen molar-refractivity contribution in [3.63, 3.8) is 0 Å². The SMILES string of the molecule is CCN1CCC[C@H](c2cc(OC)c(C)cc2OC)C1. The molecule has 0 amide bonds. The molecule has 1 aliphatic heterocycles. The predicted molar refractivity (Wildman–Crippen MR) is 78.4 cm³/mol. The van der Waals surface area contributed by atoms with E-state index in [0.29, 0.717) is 5.92 Å². The van der Waals surface area contributed by atoms with Gasteiger partial charge in [-0.1, -0.05) is 6.92 Å². The summed E-state index contributed by atoms with van der Waals surface area (Å²) in [6.45, 7) is 7.76. The van der Waals surface area contributed by atoms with E-state index < -0.39 is 0 Å². The van der Waals surface area contributed by atoms with Crippen LogP contribution in [0.4, 0.5) is 0 Å². The topological polar surface area (TPSA) is 21.7 Å². The third-order valence-corrected chi connectivity index (χ3v) is 4.14. The van der Waals surface area contributed by atoms with Gasteiger partial charge in [-0.25, -0.2) is 0 Å². The zero-order chi connectivity index (χ0) is 13.8. The molecule has 19 heavy (non-hydrogen) atoms. The van der Waals surface area contributed by atoms with Crippen molar-refractivity contribution in [1.82, 2.24) is 4.90 Å². The summed E-state index contributed by atoms with van der Waals surface area (Å²) in [5.41, 5.74) is 2.43. The minimum absolute atomic E-state index is 0.554. The van der Waals surface area contributed by atoms with Crippen LogP contribution >= 0.6 is 0 Å². The lowest BCUT2D eigenvalue weighted by molar-refractivity contribution is 0.215. The summed E-state index contributed by atoms with van der Waals surface area (Å²) in [5, 5.41) is 0. The first kappa shape index (κ1) is 14.2. The standard InChI is InChI=1S/C16H25NO2/c1-5-17-8-6-7-13(11-17)14-10-15(18-3)12(2)9-16(14)19-4/h9-10,13H,5-8,11H2,1-4H3/t13-/m0/s1. The van der Waals surface area contributed by atoms with Crippen molar-refractivity contribution in [2.24, 2.45) is 0 Å². The highest BCUT2D eigenvalue weighted by Crippen LogP contribution is 2.37. The maximum Gasteiger partial charge on any atom is 0.122 e. The van der Waals surface area contributed by atoms with Crippen LogP contribution in [0.1, 0.15) is 36.8 Å². The molecule has 1 aromatic carbocycles. The highest BCUT2D eigenvalue weighted by molar-refractivity contribution is 5.47. The monoisotopic (exact) mass is 263 g/mol. The fourth-order valence-corrected chi connectivity index (χ4v) is 2.99. The van der Waals surface area contributed by atoms with Crippen LogP contribution in [0.15, 0.2) is 12.1 Å². The van der Waals surface area contributed by atoms with Gasteiger partial charge in [0.2, 0.25) is 0 Å². The average molecular weight is 263 g/mol. The molecule has 3 nitrogen and oxygen atoms in total. The quantitative estimate of drug-likeness (QED) is 0.832. The summed E-state index contributed by atoms with van der Waals surface area (Å²) >= 11 is 0. The molecule has 0 saturated carbocycles. The molecular weight excluding hydrogens is 238 g/mol. The molecule has 0 bridgehead atoms. The van der Waals surface area contributed by atoms with Gasteiger partial charge in [-0.3, -0.25) is 0 Å². The molecule has 0 aromatic heterocycles. The fraction of sp³-hybridized carbons (Fsp3) is 0.625. The number of hydrogen-bond acceptors (Lipinski definition) is 3. The zero-order valence-electron chi connectivity index (χ0n) is 12.5. The van der Waals surface area contributed by atoms with E-state index in [4.69, 9.17) is 9.47 Å². The fourth-order valence-electron chi connectivity index (χ4n) is 2.99. The molecule has 1 aromatic rings. The van der Waals surface area contributed by atoms with E-state index in [0.717, 1.165) is 30.2 Å². The second-order valence-electron chi connectivity index (χ2n) is 5.30. The molecule has 0 spiro atoms. The number of ether oxygens (including phenoxy) is 2. The van der Waals surface area contributed by atoms with Crippen molar-refractivity contribution in [3.05, 3.63) is 23.3 Å². The Hall–Kier alpha value is -1.22. The molecule has 1 heterocycles. The minimum Gasteiger partial charge on any atom is -0.496 e. The van der Waals surface area contributed by atoms with Crippen molar-refractivity contribution >= 4 is 0 Å². The van der Waals surface area contributed by atoms with Gasteiger partial charge in [-0.2, -0.15) is 0 Å². The van der Waals surface area contributed by atoms with Gasteiger partial charge in [0, 0.05) is 18.0 Å². The largest absolute Gasteiger partial charge is 0.496 e. The number of likely N-dealkylation sites (N-methyl/N-ethyl adjacent to an activating group) is 1. The summed E-state index contributed by atoms with van der Waals surface area (Å²) < 4.78 is 11.0. The van der Waals surface area contributed by atoms with Gasteiger partial charge in [0.25, 0.3) is 0 Å². The van der Waals surface area contributed by atoms with Crippen LogP contribution in [-0.4, -0.2) is 38.8 Å². The maximum atomic E-state index is 5.57. The molecule has 1 saturated heterocycles. The van der Waals surface area contributed by atoms with E-state index >= 15 is 0 Å². The Morgan fingerprint density at radius 3 is 2.58 bits per heavy atom. The van der Waals surface area contributed by atoms with E-state index in [9.17, 15) is 0 Å². The number of likely N-dealkylation sites (tertiary alicyclic amines) is 1. The first-order valence-corrected chi connectivity index (χ1v) is 7.14. The number of nitrogens with zero attached hydrogens (tertiary/aromatic N) is 1. The van der Waals surface area contributed by atoms with Gasteiger partial charge in [0.1, 0.15) is 11.5 Å². The zero-order valence-corrected chi connectivity index (χ0v) is 12.5. The lowest BCUT2D eigenvalue weighted by Crippen LogP contribution is -2.34. The van der Waals surface area contributed by atoms with Crippen molar-refractivity contribution in [2.45, 2.75) is 32.6 Å². The summed E-state index contributed by atoms with van der Waals surface area (Å²) in [7, 11) is 3.49. The Morgan fingerprint density at radius 1 is 1.21 bits per heavy atom. The van der Waals surface area contributed by atoms with Crippen LogP contribution in [0.5, 0.6) is 11.5 Å². The highest BCUT2D eigenvalue weighted by atomic mass is 16.5.